The van der Waals surface area contributed by atoms with Gasteiger partial charge in [-0.3, -0.25) is 9.59 Å². The van der Waals surface area contributed by atoms with Crippen LogP contribution >= 0.6 is 0 Å². The molecule has 1 amide bonds. The second-order valence-corrected chi connectivity index (χ2v) is 5.19. The molecule has 3 nitrogen and oxygen atoms in total. The molecule has 16 heavy (non-hydrogen) atoms. The topological polar surface area (TPSA) is 46.2 Å². The van der Waals surface area contributed by atoms with Crippen molar-refractivity contribution in [2.45, 2.75) is 52.0 Å². The van der Waals surface area contributed by atoms with Crippen LogP contribution in [0.3, 0.4) is 0 Å². The number of nitrogens with one attached hydrogen (secondary N) is 1. The molecule has 0 aromatic heterocycles. The summed E-state index contributed by atoms with van der Waals surface area (Å²) in [4.78, 5) is 23.3. The number of ketones is 1. The van der Waals surface area contributed by atoms with Gasteiger partial charge in [-0.05, 0) is 31.6 Å². The molecule has 2 aliphatic rings. The van der Waals surface area contributed by atoms with E-state index in [9.17, 15) is 9.59 Å². The lowest BCUT2D eigenvalue weighted by molar-refractivity contribution is -0.128. The first kappa shape index (κ1) is 11.6. The summed E-state index contributed by atoms with van der Waals surface area (Å²) in [7, 11) is 0. The van der Waals surface area contributed by atoms with E-state index in [1.165, 1.54) is 25.7 Å². The zero-order chi connectivity index (χ0) is 11.7. The zero-order valence-corrected chi connectivity index (χ0v) is 10.2. The summed E-state index contributed by atoms with van der Waals surface area (Å²) in [6.45, 7) is 3.62. The van der Waals surface area contributed by atoms with Gasteiger partial charge in [-0.2, -0.15) is 0 Å². The van der Waals surface area contributed by atoms with Crippen LogP contribution in [-0.4, -0.2) is 17.7 Å². The van der Waals surface area contributed by atoms with Crippen molar-refractivity contribution >= 4 is 11.7 Å². The van der Waals surface area contributed by atoms with Crippen LogP contribution in [0, 0.1) is 17.8 Å². The Labute approximate surface area is 97.0 Å². The normalized spacial score (nSPS) is 33.8. The SMILES string of the molecule is CCC(=O)C(C)NC(=O)C1C2CCCCC21. The van der Waals surface area contributed by atoms with E-state index in [4.69, 9.17) is 0 Å². The van der Waals surface area contributed by atoms with Crippen LogP contribution in [0.25, 0.3) is 0 Å². The minimum atomic E-state index is -0.305. The number of hydrogen-bond acceptors (Lipinski definition) is 2. The molecule has 90 valence electrons. The minimum absolute atomic E-state index is 0.117. The molecule has 0 saturated heterocycles. The molecule has 3 heteroatoms. The van der Waals surface area contributed by atoms with Gasteiger partial charge in [0, 0.05) is 12.3 Å². The summed E-state index contributed by atoms with van der Waals surface area (Å²) >= 11 is 0. The maximum atomic E-state index is 11.9. The predicted molar refractivity (Wildman–Crippen MR) is 61.8 cm³/mol. The summed E-state index contributed by atoms with van der Waals surface area (Å²) < 4.78 is 0. The van der Waals surface area contributed by atoms with Crippen LogP contribution in [0.1, 0.15) is 46.0 Å². The van der Waals surface area contributed by atoms with Gasteiger partial charge in [0.1, 0.15) is 0 Å². The number of Topliss-reactive ketones (excluding diaryl/α,β-unsaturated/α-hetero) is 1. The van der Waals surface area contributed by atoms with Gasteiger partial charge in [-0.1, -0.05) is 19.8 Å². The van der Waals surface area contributed by atoms with E-state index >= 15 is 0 Å². The fourth-order valence-corrected chi connectivity index (χ4v) is 3.08. The smallest absolute Gasteiger partial charge is 0.224 e. The molecule has 2 rings (SSSR count). The first-order chi connectivity index (χ1) is 7.65. The summed E-state index contributed by atoms with van der Waals surface area (Å²) in [5.74, 6) is 1.70. The van der Waals surface area contributed by atoms with Gasteiger partial charge in [0.05, 0.1) is 6.04 Å². The number of rotatable bonds is 4. The van der Waals surface area contributed by atoms with Gasteiger partial charge in [-0.25, -0.2) is 0 Å². The summed E-state index contributed by atoms with van der Waals surface area (Å²) in [6, 6.07) is -0.305. The molecule has 2 fully saturated rings. The van der Waals surface area contributed by atoms with Crippen LogP contribution in [0.15, 0.2) is 0 Å². The Bertz CT molecular complexity index is 288. The molecule has 3 unspecified atom stereocenters. The number of carbonyl (C=O) groups excluding carboxylic acids is 2. The Hall–Kier alpha value is -0.860. The first-order valence-corrected chi connectivity index (χ1v) is 6.48. The van der Waals surface area contributed by atoms with Gasteiger partial charge in [0.2, 0.25) is 5.91 Å². The van der Waals surface area contributed by atoms with Gasteiger partial charge in [-0.15, -0.1) is 0 Å². The zero-order valence-electron chi connectivity index (χ0n) is 10.2. The average Bonchev–Trinajstić information content (AvgIpc) is 3.01. The van der Waals surface area contributed by atoms with Gasteiger partial charge < -0.3 is 5.32 Å². The summed E-state index contributed by atoms with van der Waals surface area (Å²) in [5.41, 5.74) is 0. The highest BCUT2D eigenvalue weighted by Crippen LogP contribution is 2.55. The van der Waals surface area contributed by atoms with Crippen LogP contribution in [0.2, 0.25) is 0 Å². The number of fused-ring (bicyclic) bond motifs is 1. The lowest BCUT2D eigenvalue weighted by atomic mass is 10.0. The third-order valence-corrected chi connectivity index (χ3v) is 4.15. The van der Waals surface area contributed by atoms with Crippen molar-refractivity contribution in [2.75, 3.05) is 0 Å². The summed E-state index contributed by atoms with van der Waals surface area (Å²) in [5, 5.41) is 2.86. The Morgan fingerprint density at radius 3 is 2.31 bits per heavy atom. The quantitative estimate of drug-likeness (QED) is 0.791. The van der Waals surface area contributed by atoms with Gasteiger partial charge >= 0.3 is 0 Å². The van der Waals surface area contributed by atoms with E-state index in [2.05, 4.69) is 5.32 Å². The Morgan fingerprint density at radius 1 is 1.25 bits per heavy atom. The maximum absolute atomic E-state index is 11.9. The summed E-state index contributed by atoms with van der Waals surface area (Å²) in [6.07, 6.45) is 5.46. The fourth-order valence-electron chi connectivity index (χ4n) is 3.08. The molecule has 0 bridgehead atoms. The number of hydrogen-bond donors (Lipinski definition) is 1. The molecule has 1 N–H and O–H groups in total. The van der Waals surface area contributed by atoms with Crippen molar-refractivity contribution in [3.63, 3.8) is 0 Å². The highest BCUT2D eigenvalue weighted by Gasteiger charge is 2.54. The molecule has 2 aliphatic carbocycles. The Balaban J connectivity index is 1.83. The molecule has 2 saturated carbocycles. The highest BCUT2D eigenvalue weighted by atomic mass is 16.2. The van der Waals surface area contributed by atoms with E-state index in [0.29, 0.717) is 18.3 Å². The Morgan fingerprint density at radius 2 is 1.81 bits per heavy atom. The molecule has 0 aliphatic heterocycles. The molecular weight excluding hydrogens is 202 g/mol. The molecule has 0 heterocycles. The van der Waals surface area contributed by atoms with Crippen molar-refractivity contribution in [1.82, 2.24) is 5.32 Å². The maximum Gasteiger partial charge on any atom is 0.224 e. The minimum Gasteiger partial charge on any atom is -0.346 e. The van der Waals surface area contributed by atoms with E-state index in [1.54, 1.807) is 6.92 Å². The van der Waals surface area contributed by atoms with Crippen molar-refractivity contribution in [1.29, 1.82) is 0 Å². The van der Waals surface area contributed by atoms with Gasteiger partial charge in [0.25, 0.3) is 0 Å². The lowest BCUT2D eigenvalue weighted by Gasteiger charge is -2.11. The Kier molecular flexibility index (Phi) is 3.31. The second-order valence-electron chi connectivity index (χ2n) is 5.19. The van der Waals surface area contributed by atoms with Crippen LogP contribution in [-0.2, 0) is 9.59 Å². The van der Waals surface area contributed by atoms with E-state index in [1.807, 2.05) is 6.92 Å². The van der Waals surface area contributed by atoms with Crippen molar-refractivity contribution in [2.24, 2.45) is 17.8 Å². The van der Waals surface area contributed by atoms with Crippen molar-refractivity contribution in [3.05, 3.63) is 0 Å². The fraction of sp³-hybridized carbons (Fsp3) is 0.846. The standard InChI is InChI=1S/C13H21NO2/c1-3-11(15)8(2)14-13(16)12-9-6-4-5-7-10(9)12/h8-10,12H,3-7H2,1-2H3,(H,14,16). The van der Waals surface area contributed by atoms with E-state index < -0.39 is 0 Å². The highest BCUT2D eigenvalue weighted by molar-refractivity contribution is 5.90. The van der Waals surface area contributed by atoms with Gasteiger partial charge in [0.15, 0.2) is 5.78 Å². The first-order valence-electron chi connectivity index (χ1n) is 6.48. The van der Waals surface area contributed by atoms with Crippen LogP contribution < -0.4 is 5.32 Å². The number of amides is 1. The molecule has 0 aromatic rings. The third-order valence-electron chi connectivity index (χ3n) is 4.15. The number of carbonyl (C=O) groups is 2. The molecular formula is C13H21NO2. The van der Waals surface area contributed by atoms with E-state index in [0.717, 1.165) is 0 Å². The molecule has 0 spiro atoms. The molecule has 0 aromatic carbocycles. The monoisotopic (exact) mass is 223 g/mol. The van der Waals surface area contributed by atoms with Crippen LogP contribution in [0.4, 0.5) is 0 Å². The largest absolute Gasteiger partial charge is 0.346 e. The predicted octanol–water partition coefficient (Wildman–Crippen LogP) is 1.91. The third kappa shape index (κ3) is 2.13. The molecule has 0 radical (unpaired) electrons. The van der Waals surface area contributed by atoms with Crippen molar-refractivity contribution in [3.8, 4) is 0 Å². The van der Waals surface area contributed by atoms with Crippen molar-refractivity contribution < 1.29 is 9.59 Å². The lowest BCUT2D eigenvalue weighted by Crippen LogP contribution is -2.39. The average molecular weight is 223 g/mol. The second kappa shape index (κ2) is 4.56. The van der Waals surface area contributed by atoms with E-state index in [-0.39, 0.29) is 23.7 Å². The molecule has 3 atom stereocenters. The van der Waals surface area contributed by atoms with Crippen LogP contribution in [0.5, 0.6) is 0 Å².